The van der Waals surface area contributed by atoms with E-state index in [0.29, 0.717) is 30.1 Å². The van der Waals surface area contributed by atoms with E-state index in [1.165, 1.54) is 11.1 Å². The monoisotopic (exact) mass is 495 g/mol. The SMILES string of the molecule is CSCCC(NC(=O)c1ccc(OC/C=C(\C)CCC=C(C)C)cc1-c1ccccc1C)C(=O)O. The number of carboxylic acids is 1. The van der Waals surface area contributed by atoms with Gasteiger partial charge in [0.15, 0.2) is 0 Å². The van der Waals surface area contributed by atoms with Gasteiger partial charge in [0, 0.05) is 5.56 Å². The number of ether oxygens (including phenoxy) is 1. The summed E-state index contributed by atoms with van der Waals surface area (Å²) in [7, 11) is 0. The average molecular weight is 496 g/mol. The molecular formula is C29H37NO4S. The first-order valence-electron chi connectivity index (χ1n) is 11.9. The molecule has 0 aromatic heterocycles. The molecule has 1 atom stereocenters. The molecule has 1 amide bonds. The molecule has 0 heterocycles. The molecule has 2 aromatic carbocycles. The maximum atomic E-state index is 13.2. The van der Waals surface area contributed by atoms with Crippen molar-refractivity contribution in [3.8, 4) is 16.9 Å². The van der Waals surface area contributed by atoms with Crippen LogP contribution in [0.25, 0.3) is 11.1 Å². The Kier molecular flexibility index (Phi) is 11.6. The third-order valence-electron chi connectivity index (χ3n) is 5.66. The molecule has 0 saturated heterocycles. The molecule has 6 heteroatoms. The summed E-state index contributed by atoms with van der Waals surface area (Å²) in [6.07, 6.45) is 8.59. The van der Waals surface area contributed by atoms with Crippen LogP contribution < -0.4 is 10.1 Å². The highest BCUT2D eigenvalue weighted by atomic mass is 32.2. The number of hydrogen-bond donors (Lipinski definition) is 2. The van der Waals surface area contributed by atoms with Gasteiger partial charge in [0.1, 0.15) is 18.4 Å². The number of hydrogen-bond acceptors (Lipinski definition) is 4. The van der Waals surface area contributed by atoms with Crippen molar-refractivity contribution >= 4 is 23.6 Å². The molecule has 2 N–H and O–H groups in total. The van der Waals surface area contributed by atoms with Gasteiger partial charge in [0.25, 0.3) is 5.91 Å². The van der Waals surface area contributed by atoms with Gasteiger partial charge in [0.05, 0.1) is 0 Å². The Hall–Kier alpha value is -2.99. The molecule has 0 aliphatic rings. The molecule has 0 aliphatic carbocycles. The summed E-state index contributed by atoms with van der Waals surface area (Å²) < 4.78 is 5.99. The fourth-order valence-corrected chi connectivity index (χ4v) is 4.08. The van der Waals surface area contributed by atoms with Crippen LogP contribution in [0.15, 0.2) is 65.8 Å². The molecule has 5 nitrogen and oxygen atoms in total. The van der Waals surface area contributed by atoms with Gasteiger partial charge in [-0.05, 0) is 99.9 Å². The Morgan fingerprint density at radius 1 is 1.09 bits per heavy atom. The van der Waals surface area contributed by atoms with E-state index in [2.05, 4.69) is 38.2 Å². The van der Waals surface area contributed by atoms with Gasteiger partial charge in [-0.15, -0.1) is 0 Å². The Balaban J connectivity index is 2.27. The van der Waals surface area contributed by atoms with E-state index in [0.717, 1.165) is 29.5 Å². The molecule has 0 aliphatic heterocycles. The summed E-state index contributed by atoms with van der Waals surface area (Å²) in [6.45, 7) is 8.73. The van der Waals surface area contributed by atoms with E-state index in [9.17, 15) is 14.7 Å². The maximum Gasteiger partial charge on any atom is 0.326 e. The van der Waals surface area contributed by atoms with Gasteiger partial charge in [-0.2, -0.15) is 11.8 Å². The number of carboxylic acid groups (broad SMARTS) is 1. The Morgan fingerprint density at radius 2 is 1.83 bits per heavy atom. The lowest BCUT2D eigenvalue weighted by Gasteiger charge is -2.17. The first kappa shape index (κ1) is 28.2. The standard InChI is InChI=1S/C29H37NO4S/c1-20(2)9-8-10-21(3)15-17-34-23-13-14-25(26(19-23)24-12-7-6-11-22(24)4)28(31)30-27(29(32)33)16-18-35-5/h6-7,9,11-15,19,27H,8,10,16-18H2,1-5H3,(H,30,31)(H,32,33)/b21-15+. The maximum absolute atomic E-state index is 13.2. The minimum Gasteiger partial charge on any atom is -0.490 e. The summed E-state index contributed by atoms with van der Waals surface area (Å²) in [6, 6.07) is 12.2. The molecule has 2 aromatic rings. The van der Waals surface area contributed by atoms with Gasteiger partial charge in [-0.3, -0.25) is 4.79 Å². The molecule has 0 bridgehead atoms. The van der Waals surface area contributed by atoms with Crippen LogP contribution >= 0.6 is 11.8 Å². The first-order chi connectivity index (χ1) is 16.7. The number of carbonyl (C=O) groups is 2. The van der Waals surface area contributed by atoms with E-state index in [1.54, 1.807) is 23.9 Å². The zero-order valence-corrected chi connectivity index (χ0v) is 22.2. The number of allylic oxidation sites excluding steroid dienone is 3. The van der Waals surface area contributed by atoms with Crippen LogP contribution in [0.1, 0.15) is 56.0 Å². The first-order valence-corrected chi connectivity index (χ1v) is 13.3. The second-order valence-corrected chi connectivity index (χ2v) is 9.84. The van der Waals surface area contributed by atoms with Crippen molar-refractivity contribution in [3.05, 3.63) is 76.9 Å². The number of aryl methyl sites for hydroxylation is 1. The topological polar surface area (TPSA) is 75.6 Å². The lowest BCUT2D eigenvalue weighted by molar-refractivity contribution is -0.139. The van der Waals surface area contributed by atoms with Gasteiger partial charge < -0.3 is 15.2 Å². The lowest BCUT2D eigenvalue weighted by Crippen LogP contribution is -2.41. The quantitative estimate of drug-likeness (QED) is 0.304. The molecule has 2 rings (SSSR count). The zero-order valence-electron chi connectivity index (χ0n) is 21.4. The summed E-state index contributed by atoms with van der Waals surface area (Å²) in [4.78, 5) is 24.8. The van der Waals surface area contributed by atoms with Crippen molar-refractivity contribution in [2.24, 2.45) is 0 Å². The third-order valence-corrected chi connectivity index (χ3v) is 6.30. The Bertz CT molecular complexity index is 1070. The zero-order chi connectivity index (χ0) is 25.8. The van der Waals surface area contributed by atoms with Gasteiger partial charge >= 0.3 is 5.97 Å². The van der Waals surface area contributed by atoms with Crippen LogP contribution in [0.4, 0.5) is 0 Å². The van der Waals surface area contributed by atoms with E-state index >= 15 is 0 Å². The number of thioether (sulfide) groups is 1. The summed E-state index contributed by atoms with van der Waals surface area (Å²) >= 11 is 1.55. The van der Waals surface area contributed by atoms with Crippen molar-refractivity contribution < 1.29 is 19.4 Å². The average Bonchev–Trinajstić information content (AvgIpc) is 2.81. The van der Waals surface area contributed by atoms with Gasteiger partial charge in [0.2, 0.25) is 0 Å². The van der Waals surface area contributed by atoms with Crippen LogP contribution in [-0.2, 0) is 4.79 Å². The van der Waals surface area contributed by atoms with Crippen molar-refractivity contribution in [2.45, 2.75) is 53.0 Å². The molecule has 0 fully saturated rings. The van der Waals surface area contributed by atoms with Crippen LogP contribution in [0.3, 0.4) is 0 Å². The van der Waals surface area contributed by atoms with Crippen LogP contribution in [0.5, 0.6) is 5.75 Å². The normalized spacial score (nSPS) is 12.1. The van der Waals surface area contributed by atoms with Crippen molar-refractivity contribution in [1.29, 1.82) is 0 Å². The number of nitrogens with one attached hydrogen (secondary N) is 1. The Labute approximate surface area is 213 Å². The summed E-state index contributed by atoms with van der Waals surface area (Å²) in [5.41, 5.74) is 5.66. The third kappa shape index (κ3) is 9.29. The van der Waals surface area contributed by atoms with Crippen molar-refractivity contribution in [1.82, 2.24) is 5.32 Å². The molecule has 188 valence electrons. The minimum atomic E-state index is -1.03. The Morgan fingerprint density at radius 3 is 2.49 bits per heavy atom. The van der Waals surface area contributed by atoms with Gasteiger partial charge in [-0.25, -0.2) is 4.79 Å². The molecule has 0 saturated carbocycles. The van der Waals surface area contributed by atoms with Gasteiger partial charge in [-0.1, -0.05) is 41.5 Å². The largest absolute Gasteiger partial charge is 0.490 e. The molecule has 35 heavy (non-hydrogen) atoms. The van der Waals surface area contributed by atoms with Crippen molar-refractivity contribution in [3.63, 3.8) is 0 Å². The molecule has 1 unspecified atom stereocenters. The van der Waals surface area contributed by atoms with E-state index < -0.39 is 17.9 Å². The second kappa shape index (κ2) is 14.4. The van der Waals surface area contributed by atoms with Crippen LogP contribution in [0.2, 0.25) is 0 Å². The number of aliphatic carboxylic acids is 1. The van der Waals surface area contributed by atoms with Crippen LogP contribution in [0, 0.1) is 6.92 Å². The summed E-state index contributed by atoms with van der Waals surface area (Å²) in [5, 5.41) is 12.2. The van der Waals surface area contributed by atoms with E-state index in [1.807, 2.05) is 43.5 Å². The molecular weight excluding hydrogens is 458 g/mol. The van der Waals surface area contributed by atoms with Crippen LogP contribution in [-0.4, -0.2) is 41.6 Å². The number of amides is 1. The van der Waals surface area contributed by atoms with E-state index in [-0.39, 0.29) is 0 Å². The molecule has 0 spiro atoms. The van der Waals surface area contributed by atoms with E-state index in [4.69, 9.17) is 4.74 Å². The highest BCUT2D eigenvalue weighted by Crippen LogP contribution is 2.31. The predicted octanol–water partition coefficient (Wildman–Crippen LogP) is 6.67. The fraction of sp³-hybridized carbons (Fsp3) is 0.379. The number of carbonyl (C=O) groups excluding carboxylic acids is 1. The minimum absolute atomic E-state index is 0.364. The number of benzene rings is 2. The molecule has 0 radical (unpaired) electrons. The highest BCUT2D eigenvalue weighted by molar-refractivity contribution is 7.98. The lowest BCUT2D eigenvalue weighted by atomic mass is 9.95. The predicted molar refractivity (Wildman–Crippen MR) is 146 cm³/mol. The highest BCUT2D eigenvalue weighted by Gasteiger charge is 2.22. The van der Waals surface area contributed by atoms with Crippen molar-refractivity contribution in [2.75, 3.05) is 18.6 Å². The summed E-state index contributed by atoms with van der Waals surface area (Å²) in [5.74, 6) is -0.129. The smallest absolute Gasteiger partial charge is 0.326 e. The second-order valence-electron chi connectivity index (χ2n) is 8.85. The fourth-order valence-electron chi connectivity index (χ4n) is 3.61. The number of rotatable bonds is 13.